The van der Waals surface area contributed by atoms with Crippen LogP contribution in [0.3, 0.4) is 0 Å². The molecule has 168 valence electrons. The van der Waals surface area contributed by atoms with Gasteiger partial charge in [0.15, 0.2) is 0 Å². The van der Waals surface area contributed by atoms with E-state index in [-0.39, 0.29) is 18.3 Å². The molecule has 32 heavy (non-hydrogen) atoms. The maximum Gasteiger partial charge on any atom is 0.325 e. The summed E-state index contributed by atoms with van der Waals surface area (Å²) in [6.07, 6.45) is 0.339. The molecule has 2 saturated heterocycles. The molecule has 4 rings (SSSR count). The van der Waals surface area contributed by atoms with Gasteiger partial charge in [0, 0.05) is 31.2 Å². The number of anilines is 1. The van der Waals surface area contributed by atoms with E-state index in [1.165, 1.54) is 6.07 Å². The number of piperazine rings is 1. The van der Waals surface area contributed by atoms with Crippen molar-refractivity contribution in [2.24, 2.45) is 0 Å². The van der Waals surface area contributed by atoms with Gasteiger partial charge in [0.2, 0.25) is 5.91 Å². The summed E-state index contributed by atoms with van der Waals surface area (Å²) >= 11 is 5.96. The third-order valence-electron chi connectivity index (χ3n) is 6.16. The number of nitrogens with zero attached hydrogens (tertiary/aromatic N) is 3. The minimum Gasteiger partial charge on any atom is -0.366 e. The Morgan fingerprint density at radius 2 is 1.72 bits per heavy atom. The third-order valence-corrected chi connectivity index (χ3v) is 6.41. The van der Waals surface area contributed by atoms with Crippen LogP contribution in [0.2, 0.25) is 5.02 Å². The number of para-hydroxylation sites is 1. The van der Waals surface area contributed by atoms with Gasteiger partial charge in [0.1, 0.15) is 17.9 Å². The van der Waals surface area contributed by atoms with E-state index < -0.39 is 17.5 Å². The summed E-state index contributed by atoms with van der Waals surface area (Å²) in [5, 5.41) is 3.30. The van der Waals surface area contributed by atoms with E-state index in [0.717, 1.165) is 4.90 Å². The van der Waals surface area contributed by atoms with Crippen molar-refractivity contribution in [1.82, 2.24) is 15.1 Å². The number of halogens is 2. The second kappa shape index (κ2) is 8.78. The topological polar surface area (TPSA) is 73.0 Å². The van der Waals surface area contributed by atoms with Gasteiger partial charge in [-0.1, -0.05) is 42.8 Å². The van der Waals surface area contributed by atoms with E-state index in [9.17, 15) is 18.8 Å². The molecule has 2 aliphatic rings. The van der Waals surface area contributed by atoms with Gasteiger partial charge in [-0.2, -0.15) is 0 Å². The van der Waals surface area contributed by atoms with Crippen molar-refractivity contribution in [3.63, 3.8) is 0 Å². The highest BCUT2D eigenvalue weighted by Crippen LogP contribution is 2.33. The summed E-state index contributed by atoms with van der Waals surface area (Å²) in [5.41, 5.74) is -0.0912. The van der Waals surface area contributed by atoms with Crippen molar-refractivity contribution in [1.29, 1.82) is 0 Å². The number of carbonyl (C=O) groups excluding carboxylic acids is 3. The Morgan fingerprint density at radius 3 is 2.34 bits per heavy atom. The predicted octanol–water partition coefficient (Wildman–Crippen LogP) is 2.99. The Hall–Kier alpha value is -3.13. The van der Waals surface area contributed by atoms with Crippen LogP contribution in [0.5, 0.6) is 0 Å². The van der Waals surface area contributed by atoms with Crippen molar-refractivity contribution in [3.05, 3.63) is 64.9 Å². The van der Waals surface area contributed by atoms with Crippen molar-refractivity contribution in [2.45, 2.75) is 18.9 Å². The second-order valence-electron chi connectivity index (χ2n) is 7.91. The largest absolute Gasteiger partial charge is 0.366 e. The van der Waals surface area contributed by atoms with Crippen LogP contribution in [-0.2, 0) is 15.1 Å². The smallest absolute Gasteiger partial charge is 0.325 e. The minimum absolute atomic E-state index is 0.301. The number of urea groups is 1. The first kappa shape index (κ1) is 22.1. The molecule has 0 bridgehead atoms. The monoisotopic (exact) mass is 458 g/mol. The van der Waals surface area contributed by atoms with Crippen molar-refractivity contribution in [2.75, 3.05) is 37.6 Å². The fourth-order valence-corrected chi connectivity index (χ4v) is 4.41. The normalized spacial score (nSPS) is 21.2. The quantitative estimate of drug-likeness (QED) is 0.699. The first-order valence-electron chi connectivity index (χ1n) is 10.5. The molecule has 2 fully saturated rings. The fourth-order valence-electron chi connectivity index (χ4n) is 4.28. The maximum atomic E-state index is 14.0. The summed E-state index contributed by atoms with van der Waals surface area (Å²) in [7, 11) is 0. The molecule has 0 aromatic heterocycles. The number of rotatable bonds is 5. The molecule has 9 heteroatoms. The molecular weight excluding hydrogens is 435 g/mol. The van der Waals surface area contributed by atoms with Crippen molar-refractivity contribution < 1.29 is 18.8 Å². The van der Waals surface area contributed by atoms with Crippen LogP contribution in [-0.4, -0.2) is 60.4 Å². The SMILES string of the molecule is CCC1(c2ccc(Cl)cc2)NC(=O)N(CC(=O)N2CCN(c3ccccc3F)CC2)C1=O. The fraction of sp³-hybridized carbons (Fsp3) is 0.348. The van der Waals surface area contributed by atoms with E-state index in [2.05, 4.69) is 5.32 Å². The van der Waals surface area contributed by atoms with Gasteiger partial charge in [0.25, 0.3) is 5.91 Å². The first-order valence-corrected chi connectivity index (χ1v) is 10.9. The molecular formula is C23H24ClFN4O3. The molecule has 4 amide bonds. The lowest BCUT2D eigenvalue weighted by Gasteiger charge is -2.36. The molecule has 1 N–H and O–H groups in total. The van der Waals surface area contributed by atoms with E-state index in [1.807, 2.05) is 4.90 Å². The number of imide groups is 1. The molecule has 0 spiro atoms. The van der Waals surface area contributed by atoms with Crippen LogP contribution in [0.4, 0.5) is 14.9 Å². The number of hydrogen-bond donors (Lipinski definition) is 1. The van der Waals surface area contributed by atoms with E-state index in [0.29, 0.717) is 48.9 Å². The summed E-state index contributed by atoms with van der Waals surface area (Å²) in [6.45, 7) is 3.17. The van der Waals surface area contributed by atoms with Crippen LogP contribution >= 0.6 is 11.6 Å². The molecule has 2 aromatic carbocycles. The third kappa shape index (κ3) is 3.90. The lowest BCUT2D eigenvalue weighted by Crippen LogP contribution is -2.52. The predicted molar refractivity (Wildman–Crippen MR) is 119 cm³/mol. The zero-order valence-corrected chi connectivity index (χ0v) is 18.4. The first-order chi connectivity index (χ1) is 15.4. The van der Waals surface area contributed by atoms with Gasteiger partial charge in [-0.15, -0.1) is 0 Å². The average Bonchev–Trinajstić information content (AvgIpc) is 3.05. The molecule has 2 aliphatic heterocycles. The van der Waals surface area contributed by atoms with Crippen LogP contribution in [0.15, 0.2) is 48.5 Å². The molecule has 0 saturated carbocycles. The average molecular weight is 459 g/mol. The number of benzene rings is 2. The zero-order valence-electron chi connectivity index (χ0n) is 17.7. The van der Waals surface area contributed by atoms with Gasteiger partial charge < -0.3 is 15.1 Å². The van der Waals surface area contributed by atoms with Crippen LogP contribution < -0.4 is 10.2 Å². The Kier molecular flexibility index (Phi) is 6.06. The zero-order chi connectivity index (χ0) is 22.9. The highest BCUT2D eigenvalue weighted by atomic mass is 35.5. The second-order valence-corrected chi connectivity index (χ2v) is 8.34. The molecule has 7 nitrogen and oxygen atoms in total. The van der Waals surface area contributed by atoms with Crippen molar-refractivity contribution in [3.8, 4) is 0 Å². The molecule has 0 radical (unpaired) electrons. The Morgan fingerprint density at radius 1 is 1.06 bits per heavy atom. The van der Waals surface area contributed by atoms with Gasteiger partial charge in [-0.05, 0) is 36.2 Å². The lowest BCUT2D eigenvalue weighted by atomic mass is 9.87. The van der Waals surface area contributed by atoms with Gasteiger partial charge in [-0.25, -0.2) is 9.18 Å². The number of hydrogen-bond acceptors (Lipinski definition) is 4. The number of carbonyl (C=O) groups is 3. The minimum atomic E-state index is -1.22. The Balaban J connectivity index is 1.42. The summed E-state index contributed by atoms with van der Waals surface area (Å²) in [5.74, 6) is -1.07. The van der Waals surface area contributed by atoms with Crippen molar-refractivity contribution >= 4 is 35.1 Å². The molecule has 1 atom stereocenters. The molecule has 2 aromatic rings. The summed E-state index contributed by atoms with van der Waals surface area (Å²) in [6, 6.07) is 12.7. The molecule has 1 unspecified atom stereocenters. The Labute approximate surface area is 190 Å². The highest BCUT2D eigenvalue weighted by molar-refractivity contribution is 6.30. The standard InChI is InChI=1S/C23H24ClFN4O3/c1-2-23(16-7-9-17(24)10-8-16)21(31)29(22(32)26-23)15-20(30)28-13-11-27(12-14-28)19-6-4-3-5-18(19)25/h3-10H,2,11-15H2,1H3,(H,26,32). The van der Waals surface area contributed by atoms with Crippen LogP contribution in [0.25, 0.3) is 0 Å². The van der Waals surface area contributed by atoms with Crippen LogP contribution in [0, 0.1) is 5.82 Å². The summed E-state index contributed by atoms with van der Waals surface area (Å²) < 4.78 is 14.0. The maximum absolute atomic E-state index is 14.0. The van der Waals surface area contributed by atoms with Crippen LogP contribution in [0.1, 0.15) is 18.9 Å². The van der Waals surface area contributed by atoms with Gasteiger partial charge >= 0.3 is 6.03 Å². The highest BCUT2D eigenvalue weighted by Gasteiger charge is 2.51. The van der Waals surface area contributed by atoms with E-state index >= 15 is 0 Å². The number of nitrogens with one attached hydrogen (secondary N) is 1. The van der Waals surface area contributed by atoms with Gasteiger partial charge in [0.05, 0.1) is 5.69 Å². The Bertz CT molecular complexity index is 1040. The number of amides is 4. The van der Waals surface area contributed by atoms with E-state index in [1.54, 1.807) is 54.3 Å². The molecule has 2 heterocycles. The lowest BCUT2D eigenvalue weighted by molar-refractivity contribution is -0.139. The molecule has 0 aliphatic carbocycles. The van der Waals surface area contributed by atoms with E-state index in [4.69, 9.17) is 11.6 Å². The van der Waals surface area contributed by atoms with Gasteiger partial charge in [-0.3, -0.25) is 14.5 Å². The summed E-state index contributed by atoms with van der Waals surface area (Å²) in [4.78, 5) is 43.2.